The molecule has 1 aromatic carbocycles. The van der Waals surface area contributed by atoms with Gasteiger partial charge in [-0.1, -0.05) is 0 Å². The third kappa shape index (κ3) is 1.99. The normalized spacial score (nSPS) is 15.6. The van der Waals surface area contributed by atoms with Gasteiger partial charge in [0, 0.05) is 24.4 Å². The predicted molar refractivity (Wildman–Crippen MR) is 68.9 cm³/mol. The number of phenols is 1. The van der Waals surface area contributed by atoms with E-state index in [0.717, 1.165) is 12.1 Å². The lowest BCUT2D eigenvalue weighted by Crippen LogP contribution is -1.97. The monoisotopic (exact) mass is 256 g/mol. The van der Waals surface area contributed by atoms with Gasteiger partial charge in [0.25, 0.3) is 0 Å². The fourth-order valence-corrected chi connectivity index (χ4v) is 1.95. The molecular formula is C14H12N2O3. The number of benzene rings is 1. The largest absolute Gasteiger partial charge is 0.508 e. The molecule has 1 N–H and O–H groups in total. The Morgan fingerprint density at radius 1 is 1.47 bits per heavy atom. The number of carbonyl (C=O) groups is 1. The Balaban J connectivity index is 1.94. The summed E-state index contributed by atoms with van der Waals surface area (Å²) >= 11 is 0. The maximum absolute atomic E-state index is 12.1. The van der Waals surface area contributed by atoms with Gasteiger partial charge in [-0.05, 0) is 25.1 Å². The summed E-state index contributed by atoms with van der Waals surface area (Å²) in [6.07, 6.45) is 5.16. The van der Waals surface area contributed by atoms with Crippen LogP contribution in [-0.2, 0) is 6.54 Å². The minimum Gasteiger partial charge on any atom is -0.508 e. The number of carbonyl (C=O) groups excluding carboxylic acids is 1. The van der Waals surface area contributed by atoms with Crippen molar-refractivity contribution in [2.45, 2.75) is 13.5 Å². The number of phenolic OH excluding ortho intramolecular Hbond substituents is 1. The van der Waals surface area contributed by atoms with Crippen LogP contribution in [0.5, 0.6) is 11.5 Å². The summed E-state index contributed by atoms with van der Waals surface area (Å²) < 4.78 is 7.23. The molecule has 19 heavy (non-hydrogen) atoms. The number of ketones is 1. The quantitative estimate of drug-likeness (QED) is 0.837. The molecule has 1 aliphatic heterocycles. The Hall–Kier alpha value is -2.56. The number of aromatic hydroxyl groups is 1. The number of aryl methyl sites for hydroxylation is 1. The lowest BCUT2D eigenvalue weighted by molar-refractivity contribution is 0.101. The lowest BCUT2D eigenvalue weighted by atomic mass is 10.1. The summed E-state index contributed by atoms with van der Waals surface area (Å²) in [5, 5.41) is 13.5. The highest BCUT2D eigenvalue weighted by atomic mass is 16.5. The Morgan fingerprint density at radius 2 is 2.32 bits per heavy atom. The zero-order chi connectivity index (χ0) is 13.4. The molecule has 0 spiro atoms. The Labute approximate surface area is 109 Å². The van der Waals surface area contributed by atoms with Crippen molar-refractivity contribution in [1.82, 2.24) is 9.78 Å². The third-order valence-electron chi connectivity index (χ3n) is 2.93. The molecule has 0 saturated carbocycles. The van der Waals surface area contributed by atoms with Gasteiger partial charge in [0.15, 0.2) is 5.76 Å². The molecule has 0 bridgehead atoms. The van der Waals surface area contributed by atoms with Crippen molar-refractivity contribution < 1.29 is 14.6 Å². The van der Waals surface area contributed by atoms with Crippen molar-refractivity contribution in [2.75, 3.05) is 0 Å². The average Bonchev–Trinajstić information content (AvgIpc) is 2.96. The summed E-state index contributed by atoms with van der Waals surface area (Å²) in [6.45, 7) is 2.76. The molecular weight excluding hydrogens is 244 g/mol. The van der Waals surface area contributed by atoms with Crippen LogP contribution in [0.2, 0.25) is 0 Å². The number of Topliss-reactive ketones (excluding diaryl/α,β-unsaturated/α-hetero) is 1. The lowest BCUT2D eigenvalue weighted by Gasteiger charge is -1.97. The first-order valence-corrected chi connectivity index (χ1v) is 5.97. The highest BCUT2D eigenvalue weighted by Crippen LogP contribution is 2.34. The number of nitrogens with zero attached hydrogens (tertiary/aromatic N) is 2. The van der Waals surface area contributed by atoms with E-state index in [1.54, 1.807) is 23.0 Å². The van der Waals surface area contributed by atoms with Gasteiger partial charge in [0.1, 0.15) is 11.5 Å². The minimum atomic E-state index is -0.181. The van der Waals surface area contributed by atoms with Gasteiger partial charge in [0.2, 0.25) is 5.78 Å². The van der Waals surface area contributed by atoms with E-state index in [1.807, 2.05) is 13.1 Å². The van der Waals surface area contributed by atoms with Crippen molar-refractivity contribution >= 4 is 11.9 Å². The van der Waals surface area contributed by atoms with Gasteiger partial charge in [-0.25, -0.2) is 0 Å². The van der Waals surface area contributed by atoms with Crippen LogP contribution in [0.15, 0.2) is 36.4 Å². The zero-order valence-electron chi connectivity index (χ0n) is 10.3. The molecule has 3 rings (SSSR count). The van der Waals surface area contributed by atoms with E-state index < -0.39 is 0 Å². The van der Waals surface area contributed by atoms with Crippen LogP contribution in [0.4, 0.5) is 0 Å². The number of rotatable bonds is 2. The smallest absolute Gasteiger partial charge is 0.231 e. The van der Waals surface area contributed by atoms with E-state index in [-0.39, 0.29) is 17.3 Å². The second kappa shape index (κ2) is 4.28. The van der Waals surface area contributed by atoms with Crippen LogP contribution in [0.3, 0.4) is 0 Å². The molecule has 0 amide bonds. The van der Waals surface area contributed by atoms with E-state index in [2.05, 4.69) is 5.10 Å². The highest BCUT2D eigenvalue weighted by Gasteiger charge is 2.27. The van der Waals surface area contributed by atoms with E-state index in [0.29, 0.717) is 11.3 Å². The number of ether oxygens (including phenoxy) is 1. The molecule has 5 nitrogen and oxygen atoms in total. The number of hydrogen-bond donors (Lipinski definition) is 1. The summed E-state index contributed by atoms with van der Waals surface area (Å²) in [5.41, 5.74) is 1.27. The summed E-state index contributed by atoms with van der Waals surface area (Å²) in [7, 11) is 0. The first-order valence-electron chi connectivity index (χ1n) is 5.97. The molecule has 96 valence electrons. The van der Waals surface area contributed by atoms with Crippen molar-refractivity contribution in [3.8, 4) is 11.5 Å². The van der Waals surface area contributed by atoms with E-state index in [9.17, 15) is 9.90 Å². The van der Waals surface area contributed by atoms with Crippen molar-refractivity contribution in [3.05, 3.63) is 47.5 Å². The van der Waals surface area contributed by atoms with Gasteiger partial charge in [-0.3, -0.25) is 9.48 Å². The number of aromatic nitrogens is 2. The first kappa shape index (κ1) is 11.5. The molecule has 2 heterocycles. The molecule has 0 unspecified atom stereocenters. The average molecular weight is 256 g/mol. The summed E-state index contributed by atoms with van der Waals surface area (Å²) in [5.74, 6) is 0.529. The molecule has 0 fully saturated rings. The second-order valence-corrected chi connectivity index (χ2v) is 4.25. The van der Waals surface area contributed by atoms with E-state index in [4.69, 9.17) is 4.74 Å². The maximum atomic E-state index is 12.1. The van der Waals surface area contributed by atoms with Gasteiger partial charge in [-0.2, -0.15) is 5.10 Å². The SMILES string of the molecule is CCn1cc(/C=C2\Oc3cc(O)ccc3C2=O)cn1. The fraction of sp³-hybridized carbons (Fsp3) is 0.143. The van der Waals surface area contributed by atoms with Crippen molar-refractivity contribution in [1.29, 1.82) is 0 Å². The van der Waals surface area contributed by atoms with Crippen LogP contribution in [0, 0.1) is 0 Å². The van der Waals surface area contributed by atoms with Crippen LogP contribution < -0.4 is 4.74 Å². The van der Waals surface area contributed by atoms with Gasteiger partial charge in [-0.15, -0.1) is 0 Å². The highest BCUT2D eigenvalue weighted by molar-refractivity contribution is 6.14. The topological polar surface area (TPSA) is 64.3 Å². The van der Waals surface area contributed by atoms with Crippen LogP contribution in [-0.4, -0.2) is 20.7 Å². The maximum Gasteiger partial charge on any atom is 0.231 e. The summed E-state index contributed by atoms with van der Waals surface area (Å²) in [4.78, 5) is 12.1. The van der Waals surface area contributed by atoms with Crippen molar-refractivity contribution in [3.63, 3.8) is 0 Å². The molecule has 1 aromatic heterocycles. The van der Waals surface area contributed by atoms with Crippen LogP contribution in [0.25, 0.3) is 6.08 Å². The Bertz CT molecular complexity index is 686. The standard InChI is InChI=1S/C14H12N2O3/c1-2-16-8-9(7-15-16)5-13-14(18)11-4-3-10(17)6-12(11)19-13/h3-8,17H,2H2,1H3/b13-5-. The van der Waals surface area contributed by atoms with Crippen molar-refractivity contribution in [2.24, 2.45) is 0 Å². The number of hydrogen-bond acceptors (Lipinski definition) is 4. The first-order chi connectivity index (χ1) is 9.17. The molecule has 1 aliphatic rings. The third-order valence-corrected chi connectivity index (χ3v) is 2.93. The molecule has 5 heteroatoms. The van der Waals surface area contributed by atoms with Crippen LogP contribution in [0.1, 0.15) is 22.8 Å². The molecule has 0 radical (unpaired) electrons. The zero-order valence-corrected chi connectivity index (χ0v) is 10.3. The molecule has 2 aromatic rings. The Morgan fingerprint density at radius 3 is 3.05 bits per heavy atom. The molecule has 0 saturated heterocycles. The van der Waals surface area contributed by atoms with E-state index in [1.165, 1.54) is 12.1 Å². The molecule has 0 aliphatic carbocycles. The van der Waals surface area contributed by atoms with E-state index >= 15 is 0 Å². The van der Waals surface area contributed by atoms with Gasteiger partial charge >= 0.3 is 0 Å². The van der Waals surface area contributed by atoms with Crippen LogP contribution >= 0.6 is 0 Å². The minimum absolute atomic E-state index is 0.0756. The summed E-state index contributed by atoms with van der Waals surface area (Å²) in [6, 6.07) is 4.46. The second-order valence-electron chi connectivity index (χ2n) is 4.25. The number of fused-ring (bicyclic) bond motifs is 1. The molecule has 0 atom stereocenters. The fourth-order valence-electron chi connectivity index (χ4n) is 1.95. The van der Waals surface area contributed by atoms with Gasteiger partial charge in [0.05, 0.1) is 11.8 Å². The Kier molecular flexibility index (Phi) is 2.59. The number of allylic oxidation sites excluding steroid dienone is 1. The van der Waals surface area contributed by atoms with Gasteiger partial charge < -0.3 is 9.84 Å². The predicted octanol–water partition coefficient (Wildman–Crippen LogP) is 2.22.